The lowest BCUT2D eigenvalue weighted by molar-refractivity contribution is 0.631. The van der Waals surface area contributed by atoms with Crippen molar-refractivity contribution in [3.63, 3.8) is 0 Å². The minimum atomic E-state index is -0.445. The van der Waals surface area contributed by atoms with E-state index in [0.717, 1.165) is 0 Å². The predicted octanol–water partition coefficient (Wildman–Crippen LogP) is 0.692. The van der Waals surface area contributed by atoms with Crippen LogP contribution in [0, 0.1) is 12.7 Å². The van der Waals surface area contributed by atoms with Gasteiger partial charge in [-0.1, -0.05) is 0 Å². The highest BCUT2D eigenvalue weighted by Crippen LogP contribution is 2.15. The summed E-state index contributed by atoms with van der Waals surface area (Å²) < 4.78 is 14.3. The van der Waals surface area contributed by atoms with Crippen molar-refractivity contribution in [1.29, 1.82) is 0 Å². The summed E-state index contributed by atoms with van der Waals surface area (Å²) in [7, 11) is 0. The Hall–Kier alpha value is -1.98. The average Bonchev–Trinajstić information content (AvgIpc) is 2.57. The molecular weight excluding hydrogens is 185 g/mol. The van der Waals surface area contributed by atoms with Crippen LogP contribution in [0.5, 0.6) is 0 Å². The van der Waals surface area contributed by atoms with E-state index in [2.05, 4.69) is 15.5 Å². The van der Waals surface area contributed by atoms with Gasteiger partial charge in [-0.05, 0) is 35.5 Å². The zero-order valence-electron chi connectivity index (χ0n) is 7.48. The lowest BCUT2D eigenvalue weighted by Gasteiger charge is -2.02. The van der Waals surface area contributed by atoms with Crippen LogP contribution in [0.15, 0.2) is 18.2 Å². The van der Waals surface area contributed by atoms with Crippen LogP contribution in [-0.4, -0.2) is 20.2 Å². The summed E-state index contributed by atoms with van der Waals surface area (Å²) in [5.41, 5.74) is 6.15. The van der Waals surface area contributed by atoms with E-state index in [0.29, 0.717) is 11.5 Å². The monoisotopic (exact) mass is 193 g/mol. The van der Waals surface area contributed by atoms with Crippen LogP contribution in [-0.2, 0) is 0 Å². The van der Waals surface area contributed by atoms with Crippen LogP contribution >= 0.6 is 0 Å². The number of aryl methyl sites for hydroxylation is 1. The molecule has 0 radical (unpaired) electrons. The number of benzene rings is 1. The molecule has 0 spiro atoms. The fourth-order valence-electron chi connectivity index (χ4n) is 1.13. The van der Waals surface area contributed by atoms with Gasteiger partial charge < -0.3 is 5.73 Å². The number of aromatic nitrogens is 4. The lowest BCUT2D eigenvalue weighted by Crippen LogP contribution is -2.01. The molecule has 1 aromatic carbocycles. The van der Waals surface area contributed by atoms with Crippen molar-refractivity contribution in [2.24, 2.45) is 0 Å². The van der Waals surface area contributed by atoms with Crippen LogP contribution in [0.25, 0.3) is 5.69 Å². The van der Waals surface area contributed by atoms with E-state index in [1.54, 1.807) is 13.0 Å². The fourth-order valence-corrected chi connectivity index (χ4v) is 1.13. The molecule has 0 aliphatic rings. The van der Waals surface area contributed by atoms with Crippen LogP contribution < -0.4 is 5.73 Å². The van der Waals surface area contributed by atoms with Crippen molar-refractivity contribution in [1.82, 2.24) is 20.2 Å². The normalized spacial score (nSPS) is 10.4. The molecule has 0 saturated carbocycles. The van der Waals surface area contributed by atoms with Crippen LogP contribution in [0.1, 0.15) is 5.82 Å². The number of nitrogens with two attached hydrogens (primary N) is 1. The van der Waals surface area contributed by atoms with Gasteiger partial charge in [-0.3, -0.25) is 0 Å². The Morgan fingerprint density at radius 3 is 2.79 bits per heavy atom. The second-order valence-electron chi connectivity index (χ2n) is 2.84. The molecule has 2 aromatic rings. The fraction of sp³-hybridized carbons (Fsp3) is 0.125. The van der Waals surface area contributed by atoms with Crippen molar-refractivity contribution in [3.8, 4) is 5.69 Å². The molecule has 0 unspecified atom stereocenters. The minimum Gasteiger partial charge on any atom is -0.396 e. The summed E-state index contributed by atoms with van der Waals surface area (Å²) in [5, 5.41) is 10.9. The molecule has 1 heterocycles. The molecule has 2 rings (SSSR count). The first kappa shape index (κ1) is 8.61. The smallest absolute Gasteiger partial charge is 0.153 e. The maximum atomic E-state index is 12.9. The first-order valence-electron chi connectivity index (χ1n) is 3.99. The van der Waals surface area contributed by atoms with Gasteiger partial charge in [0.15, 0.2) is 5.82 Å². The number of hydrogen-bond acceptors (Lipinski definition) is 4. The van der Waals surface area contributed by atoms with E-state index in [4.69, 9.17) is 5.73 Å². The Labute approximate surface area is 79.3 Å². The number of rotatable bonds is 1. The Bertz CT molecular complexity index is 465. The zero-order chi connectivity index (χ0) is 10.1. The SMILES string of the molecule is Cc1nnnn1-c1ccc(F)c(N)c1. The van der Waals surface area contributed by atoms with Gasteiger partial charge in [-0.2, -0.15) is 4.68 Å². The second-order valence-corrected chi connectivity index (χ2v) is 2.84. The highest BCUT2D eigenvalue weighted by molar-refractivity contribution is 5.48. The third-order valence-electron chi connectivity index (χ3n) is 1.85. The minimum absolute atomic E-state index is 0.0809. The van der Waals surface area contributed by atoms with Gasteiger partial charge in [-0.25, -0.2) is 4.39 Å². The highest BCUT2D eigenvalue weighted by atomic mass is 19.1. The van der Waals surface area contributed by atoms with Crippen LogP contribution in [0.3, 0.4) is 0 Å². The number of nitrogen functional groups attached to an aromatic ring is 1. The van der Waals surface area contributed by atoms with Crippen LogP contribution in [0.4, 0.5) is 10.1 Å². The number of halogens is 1. The molecule has 0 aliphatic heterocycles. The van der Waals surface area contributed by atoms with Crippen LogP contribution in [0.2, 0.25) is 0 Å². The maximum absolute atomic E-state index is 12.9. The summed E-state index contributed by atoms with van der Waals surface area (Å²) >= 11 is 0. The molecule has 0 atom stereocenters. The lowest BCUT2D eigenvalue weighted by atomic mass is 10.2. The topological polar surface area (TPSA) is 69.6 Å². The number of anilines is 1. The van der Waals surface area contributed by atoms with Gasteiger partial charge in [0.2, 0.25) is 0 Å². The molecule has 6 heteroatoms. The highest BCUT2D eigenvalue weighted by Gasteiger charge is 2.05. The molecule has 0 amide bonds. The third-order valence-corrected chi connectivity index (χ3v) is 1.85. The van der Waals surface area contributed by atoms with Crippen molar-refractivity contribution < 1.29 is 4.39 Å². The molecule has 2 N–H and O–H groups in total. The Morgan fingerprint density at radius 2 is 2.21 bits per heavy atom. The first-order valence-corrected chi connectivity index (χ1v) is 3.99. The van der Waals surface area contributed by atoms with Gasteiger partial charge in [0.05, 0.1) is 11.4 Å². The number of hydrogen-bond donors (Lipinski definition) is 1. The van der Waals surface area contributed by atoms with Gasteiger partial charge in [0, 0.05) is 0 Å². The molecule has 0 bridgehead atoms. The average molecular weight is 193 g/mol. The molecule has 0 saturated heterocycles. The van der Waals surface area contributed by atoms with E-state index in [9.17, 15) is 4.39 Å². The summed E-state index contributed by atoms with van der Waals surface area (Å²) in [5.74, 6) is 0.176. The molecule has 5 nitrogen and oxygen atoms in total. The summed E-state index contributed by atoms with van der Waals surface area (Å²) in [6, 6.07) is 4.33. The molecular formula is C8H8FN5. The summed E-state index contributed by atoms with van der Waals surface area (Å²) in [6.07, 6.45) is 0. The maximum Gasteiger partial charge on any atom is 0.153 e. The van der Waals surface area contributed by atoms with Crippen molar-refractivity contribution >= 4 is 5.69 Å². The number of tetrazole rings is 1. The Morgan fingerprint density at radius 1 is 1.43 bits per heavy atom. The first-order chi connectivity index (χ1) is 6.68. The number of nitrogens with zero attached hydrogens (tertiary/aromatic N) is 4. The summed E-state index contributed by atoms with van der Waals surface area (Å²) in [6.45, 7) is 1.75. The Kier molecular flexibility index (Phi) is 1.88. The molecule has 1 aromatic heterocycles. The predicted molar refractivity (Wildman–Crippen MR) is 48.3 cm³/mol. The van der Waals surface area contributed by atoms with E-state index in [-0.39, 0.29) is 5.69 Å². The second kappa shape index (κ2) is 3.06. The Balaban J connectivity index is 2.53. The van der Waals surface area contributed by atoms with Gasteiger partial charge in [0.25, 0.3) is 0 Å². The zero-order valence-corrected chi connectivity index (χ0v) is 7.48. The van der Waals surface area contributed by atoms with E-state index in [1.807, 2.05) is 0 Å². The van der Waals surface area contributed by atoms with Crippen molar-refractivity contribution in [2.75, 3.05) is 5.73 Å². The molecule has 72 valence electrons. The third kappa shape index (κ3) is 1.30. The largest absolute Gasteiger partial charge is 0.396 e. The van der Waals surface area contributed by atoms with Gasteiger partial charge in [-0.15, -0.1) is 5.10 Å². The van der Waals surface area contributed by atoms with E-state index < -0.39 is 5.82 Å². The van der Waals surface area contributed by atoms with Gasteiger partial charge >= 0.3 is 0 Å². The standard InChI is InChI=1S/C8H8FN5/c1-5-11-12-13-14(5)6-2-3-7(9)8(10)4-6/h2-4H,10H2,1H3. The van der Waals surface area contributed by atoms with Crippen molar-refractivity contribution in [2.45, 2.75) is 6.92 Å². The summed E-state index contributed by atoms with van der Waals surface area (Å²) in [4.78, 5) is 0. The molecule has 14 heavy (non-hydrogen) atoms. The van der Waals surface area contributed by atoms with Gasteiger partial charge in [0.1, 0.15) is 5.82 Å². The van der Waals surface area contributed by atoms with Crippen molar-refractivity contribution in [3.05, 3.63) is 29.8 Å². The molecule has 0 aliphatic carbocycles. The molecule has 0 fully saturated rings. The van der Waals surface area contributed by atoms with E-state index in [1.165, 1.54) is 16.8 Å². The quantitative estimate of drug-likeness (QED) is 0.676. The van der Waals surface area contributed by atoms with E-state index >= 15 is 0 Å².